The molecule has 3 aliphatic rings. The second-order valence-electron chi connectivity index (χ2n) is 13.7. The van der Waals surface area contributed by atoms with E-state index in [1.807, 2.05) is 6.08 Å². The summed E-state index contributed by atoms with van der Waals surface area (Å²) in [5.41, 5.74) is 7.54. The number of aromatic nitrogens is 6. The molecule has 5 heterocycles. The van der Waals surface area contributed by atoms with Gasteiger partial charge >= 0.3 is 0 Å². The average molecular weight is 894 g/mol. The molecule has 6 rings (SSSR count). The van der Waals surface area contributed by atoms with E-state index in [4.69, 9.17) is 52.6 Å². The number of methoxy groups -OCH3 is 1. The number of hydrogen-bond acceptors (Lipinski definition) is 23. The van der Waals surface area contributed by atoms with Gasteiger partial charge in [0.2, 0.25) is 0 Å². The zero-order valence-electron chi connectivity index (χ0n) is 31.8. The first-order valence-corrected chi connectivity index (χ1v) is 22.6. The number of ether oxygens (including phenoxy) is 2. The van der Waals surface area contributed by atoms with E-state index in [1.165, 1.54) is 31.3 Å². The summed E-state index contributed by atoms with van der Waals surface area (Å²) in [7, 11) is -14.2. The summed E-state index contributed by atoms with van der Waals surface area (Å²) in [6.45, 7) is -1.08. The summed E-state index contributed by atoms with van der Waals surface area (Å²) in [6, 6.07) is 0. The van der Waals surface area contributed by atoms with Crippen LogP contribution in [0.2, 0.25) is 0 Å². The van der Waals surface area contributed by atoms with Crippen molar-refractivity contribution in [1.29, 1.82) is 0 Å². The minimum Gasteiger partial charge on any atom is -0.756 e. The number of phosphoric ester groups is 3. The highest BCUT2D eigenvalue weighted by Crippen LogP contribution is 2.49. The Balaban J connectivity index is 1.20. The first-order valence-electron chi connectivity index (χ1n) is 18.3. The van der Waals surface area contributed by atoms with Gasteiger partial charge < -0.3 is 72.2 Å². The Morgan fingerprint density at radius 2 is 1.64 bits per heavy atom. The van der Waals surface area contributed by atoms with Crippen molar-refractivity contribution in [2.45, 2.75) is 56.8 Å². The summed E-state index contributed by atoms with van der Waals surface area (Å²) in [6.07, 6.45) is -2.10. The van der Waals surface area contributed by atoms with Gasteiger partial charge in [-0.05, 0) is 31.8 Å². The number of nitrogens with zero attached hydrogens (tertiary/aromatic N) is 6. The third-order valence-corrected chi connectivity index (χ3v) is 12.5. The number of nitrogen functional groups attached to an aromatic ring is 1. The number of aliphatic hydroxyl groups is 2. The van der Waals surface area contributed by atoms with Crippen molar-refractivity contribution < 1.29 is 75.2 Å². The molecule has 2 fully saturated rings. The average Bonchev–Trinajstić information content (AvgIpc) is 3.95. The summed E-state index contributed by atoms with van der Waals surface area (Å²) in [4.78, 5) is 72.5. The standard InChI is InChI=1S/C31H47N8O17P3/c1-18-36-29-25(30(42)37-18)35-17-39(29)31-27(49-2)26(56-58(45,46)51-10-4-8-41)23(54-31)15-53-59(47,48)55-22-13-38(11-19-5-6-21-24(19)33-16-34-28(21)32)12-20(22)14-52-57(43,44)50-9-3-7-40/h5,16-17,20,22-23,26-27,31,40-41H,3-4,6-15H2,1-2H3,(H,43,44)(H,45,46)(H,47,48)(H2,32,33,34)(H,36,37,42)/p-3/t20-,22?,23-,26?,27+,31-/m1/s1. The Bertz CT molecular complexity index is 2180. The lowest BCUT2D eigenvalue weighted by Crippen LogP contribution is -2.38. The van der Waals surface area contributed by atoms with Crippen LogP contribution in [0.25, 0.3) is 16.7 Å². The van der Waals surface area contributed by atoms with Crippen LogP contribution in [0.3, 0.4) is 0 Å². The van der Waals surface area contributed by atoms with Crippen molar-refractivity contribution >= 4 is 46.0 Å². The van der Waals surface area contributed by atoms with E-state index in [1.54, 1.807) is 4.90 Å². The zero-order valence-corrected chi connectivity index (χ0v) is 34.5. The van der Waals surface area contributed by atoms with Gasteiger partial charge in [0.25, 0.3) is 29.0 Å². The molecule has 0 amide bonds. The molecule has 5 N–H and O–H groups in total. The number of hydrogen-bond donors (Lipinski definition) is 4. The number of phosphoric acid groups is 3. The molecule has 25 nitrogen and oxygen atoms in total. The first kappa shape index (κ1) is 45.6. The highest BCUT2D eigenvalue weighted by Gasteiger charge is 2.50. The Kier molecular flexibility index (Phi) is 15.0. The highest BCUT2D eigenvalue weighted by atomic mass is 31.2. The molecule has 2 saturated heterocycles. The van der Waals surface area contributed by atoms with Crippen LogP contribution in [0.5, 0.6) is 0 Å². The number of aryl methyl sites for hydroxylation is 1. The number of H-pyrrole nitrogens is 1. The van der Waals surface area contributed by atoms with Crippen LogP contribution < -0.4 is 26.0 Å². The number of allylic oxidation sites excluding steroid dienone is 1. The number of likely N-dealkylation sites (tertiary alicyclic amines) is 1. The molecule has 328 valence electrons. The molecule has 0 radical (unpaired) electrons. The van der Waals surface area contributed by atoms with E-state index in [0.717, 1.165) is 11.1 Å². The number of anilines is 1. The molecule has 28 heteroatoms. The molecule has 0 aromatic carbocycles. The third-order valence-electron chi connectivity index (χ3n) is 9.53. The van der Waals surface area contributed by atoms with Gasteiger partial charge in [0.05, 0.1) is 44.6 Å². The van der Waals surface area contributed by atoms with Crippen LogP contribution in [-0.2, 0) is 56.7 Å². The van der Waals surface area contributed by atoms with Crippen LogP contribution in [0, 0.1) is 12.8 Å². The smallest absolute Gasteiger partial charge is 0.279 e. The molecular formula is C31H44N8O17P3-3. The number of aromatic amines is 1. The van der Waals surface area contributed by atoms with Gasteiger partial charge in [-0.1, -0.05) is 6.08 Å². The predicted octanol–water partition coefficient (Wildman–Crippen LogP) is -1.71. The molecule has 2 aliphatic heterocycles. The molecule has 3 aromatic rings. The minimum atomic E-state index is -5.35. The van der Waals surface area contributed by atoms with Crippen LogP contribution >= 0.6 is 23.5 Å². The molecule has 0 saturated carbocycles. The van der Waals surface area contributed by atoms with Crippen LogP contribution in [0.15, 0.2) is 23.5 Å². The molecular weight excluding hydrogens is 849 g/mol. The van der Waals surface area contributed by atoms with Gasteiger partial charge in [0, 0.05) is 51.4 Å². The second kappa shape index (κ2) is 19.4. The lowest BCUT2D eigenvalue weighted by atomic mass is 10.1. The summed E-state index contributed by atoms with van der Waals surface area (Å²) < 4.78 is 82.8. The monoisotopic (exact) mass is 893 g/mol. The van der Waals surface area contributed by atoms with Crippen molar-refractivity contribution in [3.63, 3.8) is 0 Å². The van der Waals surface area contributed by atoms with Crippen molar-refractivity contribution in [3.05, 3.63) is 46.2 Å². The maximum absolute atomic E-state index is 13.6. The molecule has 1 aliphatic carbocycles. The first-order chi connectivity index (χ1) is 28.0. The van der Waals surface area contributed by atoms with Gasteiger partial charge in [-0.15, -0.1) is 0 Å². The van der Waals surface area contributed by atoms with Gasteiger partial charge in [-0.25, -0.2) is 19.9 Å². The van der Waals surface area contributed by atoms with Crippen molar-refractivity contribution in [3.8, 4) is 0 Å². The second-order valence-corrected chi connectivity index (χ2v) is 17.8. The van der Waals surface area contributed by atoms with Crippen molar-refractivity contribution in [2.75, 3.05) is 72.1 Å². The van der Waals surface area contributed by atoms with Crippen LogP contribution in [-0.4, -0.2) is 135 Å². The van der Waals surface area contributed by atoms with E-state index in [0.29, 0.717) is 17.9 Å². The summed E-state index contributed by atoms with van der Waals surface area (Å²) in [5.74, 6) is -0.333. The third kappa shape index (κ3) is 11.3. The topological polar surface area (TPSA) is 353 Å². The van der Waals surface area contributed by atoms with Gasteiger partial charge in [-0.3, -0.25) is 28.0 Å². The number of nitrogens with two attached hydrogens (primary N) is 1. The molecule has 0 bridgehead atoms. The fourth-order valence-corrected chi connectivity index (χ4v) is 9.58. The fraction of sp³-hybridized carbons (Fsp3) is 0.645. The van der Waals surface area contributed by atoms with E-state index >= 15 is 0 Å². The predicted molar refractivity (Wildman–Crippen MR) is 195 cm³/mol. The molecule has 5 unspecified atom stereocenters. The maximum atomic E-state index is 13.6. The van der Waals surface area contributed by atoms with Crippen LogP contribution in [0.4, 0.5) is 5.82 Å². The maximum Gasteiger partial charge on any atom is 0.279 e. The van der Waals surface area contributed by atoms with Gasteiger partial charge in [-0.2, -0.15) is 0 Å². The van der Waals surface area contributed by atoms with Crippen LogP contribution in [0.1, 0.15) is 36.2 Å². The molecule has 59 heavy (non-hydrogen) atoms. The SMILES string of the molecule is CO[C@H]1C(OP(=O)([O-])OCCCO)[C@@H](COP(=O)([O-])OC2CN(CC3=CCc4c(N)ncnc43)C[C@@H]2COP(=O)([O-])OCCCO)O[C@H]1n1cnc2c(=O)[nH]c(C)nc21. The Labute approximate surface area is 336 Å². The minimum absolute atomic E-state index is 0.0285. The lowest BCUT2D eigenvalue weighted by molar-refractivity contribution is -0.237. The Morgan fingerprint density at radius 1 is 0.949 bits per heavy atom. The number of imidazole rings is 1. The molecule has 9 atom stereocenters. The van der Waals surface area contributed by atoms with E-state index in [2.05, 4.69) is 24.9 Å². The van der Waals surface area contributed by atoms with Gasteiger partial charge in [0.1, 0.15) is 36.3 Å². The summed E-state index contributed by atoms with van der Waals surface area (Å²) >= 11 is 0. The lowest BCUT2D eigenvalue weighted by Gasteiger charge is -2.32. The number of aliphatic hydroxyl groups excluding tert-OH is 2. The number of nitrogens with one attached hydrogen (secondary N) is 1. The zero-order chi connectivity index (χ0) is 42.5. The van der Waals surface area contributed by atoms with Gasteiger partial charge in [0.15, 0.2) is 17.4 Å². The largest absolute Gasteiger partial charge is 0.756 e. The van der Waals surface area contributed by atoms with E-state index in [9.17, 15) is 33.2 Å². The van der Waals surface area contributed by atoms with Crippen molar-refractivity contribution in [1.82, 2.24) is 34.4 Å². The van der Waals surface area contributed by atoms with Crippen molar-refractivity contribution in [2.24, 2.45) is 5.92 Å². The quantitative estimate of drug-likeness (QED) is 0.0644. The number of rotatable bonds is 22. The normalized spacial score (nSPS) is 26.5. The summed E-state index contributed by atoms with van der Waals surface area (Å²) in [5, 5.41) is 18.1. The highest BCUT2D eigenvalue weighted by molar-refractivity contribution is 7.46. The molecule has 0 spiro atoms. The fourth-order valence-electron chi connectivity index (χ4n) is 6.85. The number of fused-ring (bicyclic) bond motifs is 2. The van der Waals surface area contributed by atoms with E-state index < -0.39 is 85.4 Å². The van der Waals surface area contributed by atoms with E-state index in [-0.39, 0.29) is 69.3 Å². The Hall–Kier alpha value is -2.90. The molecule has 3 aromatic heterocycles. The Morgan fingerprint density at radius 3 is 2.36 bits per heavy atom.